The van der Waals surface area contributed by atoms with E-state index in [-0.39, 0.29) is 4.90 Å². The fourth-order valence-corrected chi connectivity index (χ4v) is 2.86. The Balaban J connectivity index is 1.70. The highest BCUT2D eigenvalue weighted by Crippen LogP contribution is 2.20. The molecule has 6 nitrogen and oxygen atoms in total. The lowest BCUT2D eigenvalue weighted by molar-refractivity contribution is 0.601. The zero-order chi connectivity index (χ0) is 14.0. The quantitative estimate of drug-likeness (QED) is 0.752. The highest BCUT2D eigenvalue weighted by molar-refractivity contribution is 7.92. The van der Waals surface area contributed by atoms with Crippen LogP contribution in [0.3, 0.4) is 0 Å². The molecule has 20 heavy (non-hydrogen) atoms. The predicted octanol–water partition coefficient (Wildman–Crippen LogP) is 1.46. The first kappa shape index (κ1) is 13.1. The largest absolute Gasteiger partial charge is 0.363 e. The van der Waals surface area contributed by atoms with Gasteiger partial charge in [-0.2, -0.15) is 0 Å². The molecule has 0 atom stereocenters. The summed E-state index contributed by atoms with van der Waals surface area (Å²) in [6.45, 7) is 0.657. The Labute approximate surface area is 117 Å². The molecular weight excluding hydrogens is 276 g/mol. The molecule has 2 aromatic rings. The smallest absolute Gasteiger partial charge is 0.264 e. The van der Waals surface area contributed by atoms with E-state index in [9.17, 15) is 8.42 Å². The van der Waals surface area contributed by atoms with E-state index in [4.69, 9.17) is 0 Å². The van der Waals surface area contributed by atoms with Crippen molar-refractivity contribution in [2.75, 3.05) is 4.72 Å². The Morgan fingerprint density at radius 3 is 2.90 bits per heavy atom. The van der Waals surface area contributed by atoms with Crippen molar-refractivity contribution in [1.29, 1.82) is 0 Å². The molecule has 0 saturated heterocycles. The molecule has 0 spiro atoms. The molecule has 1 saturated carbocycles. The van der Waals surface area contributed by atoms with Gasteiger partial charge in [0.05, 0.1) is 0 Å². The minimum atomic E-state index is -3.59. The van der Waals surface area contributed by atoms with E-state index >= 15 is 0 Å². The second kappa shape index (κ2) is 5.26. The minimum absolute atomic E-state index is 0.218. The molecule has 0 radical (unpaired) electrons. The molecule has 1 aliphatic rings. The lowest BCUT2D eigenvalue weighted by Gasteiger charge is -2.04. The number of sulfonamides is 1. The monoisotopic (exact) mass is 292 g/mol. The zero-order valence-electron chi connectivity index (χ0n) is 10.8. The normalized spacial score (nSPS) is 15.2. The maximum atomic E-state index is 12.2. The number of pyridine rings is 1. The maximum Gasteiger partial charge on any atom is 0.264 e. The second-order valence-electron chi connectivity index (χ2n) is 4.84. The van der Waals surface area contributed by atoms with Crippen LogP contribution in [0, 0.1) is 0 Å². The van der Waals surface area contributed by atoms with Gasteiger partial charge in [0.15, 0.2) is 0 Å². The third-order valence-corrected chi connectivity index (χ3v) is 4.42. The number of nitrogens with one attached hydrogen (secondary N) is 3. The summed E-state index contributed by atoms with van der Waals surface area (Å²) in [5, 5.41) is 3.33. The molecule has 0 bridgehead atoms. The fourth-order valence-electron chi connectivity index (χ4n) is 1.84. The molecule has 7 heteroatoms. The lowest BCUT2D eigenvalue weighted by Crippen LogP contribution is -2.15. The maximum absolute atomic E-state index is 12.2. The van der Waals surface area contributed by atoms with Crippen molar-refractivity contribution in [2.24, 2.45) is 0 Å². The second-order valence-corrected chi connectivity index (χ2v) is 6.52. The number of aromatic nitrogens is 2. The van der Waals surface area contributed by atoms with Crippen LogP contribution in [0.25, 0.3) is 0 Å². The first-order valence-electron chi connectivity index (χ1n) is 6.48. The van der Waals surface area contributed by atoms with Crippen molar-refractivity contribution in [1.82, 2.24) is 15.3 Å². The van der Waals surface area contributed by atoms with Crippen LogP contribution in [0.2, 0.25) is 0 Å². The number of H-pyrrole nitrogens is 1. The standard InChI is InChI=1S/C13H16N4O2S/c18-20(19,17-13-3-1-2-6-14-13)12-7-11(16-9-12)8-15-10-4-5-10/h1-3,6-7,9-10,15-16H,4-5,8H2,(H,14,17). The Morgan fingerprint density at radius 2 is 2.20 bits per heavy atom. The SMILES string of the molecule is O=S(=O)(Nc1ccccn1)c1c[nH]c(CNC2CC2)c1. The van der Waals surface area contributed by atoms with Crippen LogP contribution in [0.5, 0.6) is 0 Å². The molecule has 3 rings (SSSR count). The molecule has 2 heterocycles. The van der Waals surface area contributed by atoms with Gasteiger partial charge >= 0.3 is 0 Å². The van der Waals surface area contributed by atoms with E-state index in [0.717, 1.165) is 5.69 Å². The lowest BCUT2D eigenvalue weighted by atomic mass is 10.4. The van der Waals surface area contributed by atoms with E-state index in [2.05, 4.69) is 20.0 Å². The third kappa shape index (κ3) is 3.17. The summed E-state index contributed by atoms with van der Waals surface area (Å²) in [7, 11) is -3.59. The Morgan fingerprint density at radius 1 is 1.35 bits per heavy atom. The van der Waals surface area contributed by atoms with Crippen molar-refractivity contribution < 1.29 is 8.42 Å². The van der Waals surface area contributed by atoms with Crippen LogP contribution in [0.1, 0.15) is 18.5 Å². The van der Waals surface area contributed by atoms with Crippen molar-refractivity contribution in [3.63, 3.8) is 0 Å². The van der Waals surface area contributed by atoms with Gasteiger partial charge in [-0.05, 0) is 31.0 Å². The number of hydrogen-bond acceptors (Lipinski definition) is 4. The molecule has 1 aliphatic carbocycles. The average molecular weight is 292 g/mol. The van der Waals surface area contributed by atoms with Gasteiger partial charge in [0.25, 0.3) is 10.0 Å². The zero-order valence-corrected chi connectivity index (χ0v) is 11.7. The summed E-state index contributed by atoms with van der Waals surface area (Å²) in [5.74, 6) is 0.311. The van der Waals surface area contributed by atoms with Crippen molar-refractivity contribution in [2.45, 2.75) is 30.3 Å². The summed E-state index contributed by atoms with van der Waals surface area (Å²) in [4.78, 5) is 7.15. The van der Waals surface area contributed by atoms with Crippen molar-refractivity contribution >= 4 is 15.8 Å². The molecule has 1 fully saturated rings. The summed E-state index contributed by atoms with van der Waals surface area (Å²) in [6, 6.07) is 7.30. The number of anilines is 1. The van der Waals surface area contributed by atoms with Gasteiger partial charge in [0, 0.05) is 30.7 Å². The first-order valence-corrected chi connectivity index (χ1v) is 7.96. The molecule has 0 aliphatic heterocycles. The summed E-state index contributed by atoms with van der Waals surface area (Å²) < 4.78 is 26.8. The van der Waals surface area contributed by atoms with Crippen LogP contribution in [0.4, 0.5) is 5.82 Å². The van der Waals surface area contributed by atoms with E-state index in [1.807, 2.05) is 0 Å². The van der Waals surface area contributed by atoms with Crippen LogP contribution in [-0.2, 0) is 16.6 Å². The van der Waals surface area contributed by atoms with Crippen LogP contribution in [-0.4, -0.2) is 24.4 Å². The predicted molar refractivity (Wildman–Crippen MR) is 75.7 cm³/mol. The fraction of sp³-hybridized carbons (Fsp3) is 0.308. The topological polar surface area (TPSA) is 86.9 Å². The van der Waals surface area contributed by atoms with E-state index in [0.29, 0.717) is 18.4 Å². The van der Waals surface area contributed by atoms with Gasteiger partial charge in [-0.1, -0.05) is 6.07 Å². The number of aromatic amines is 1. The first-order chi connectivity index (χ1) is 9.63. The van der Waals surface area contributed by atoms with E-state index in [1.54, 1.807) is 30.5 Å². The van der Waals surface area contributed by atoms with Gasteiger partial charge in [-0.15, -0.1) is 0 Å². The molecule has 2 aromatic heterocycles. The molecule has 3 N–H and O–H groups in total. The van der Waals surface area contributed by atoms with E-state index in [1.165, 1.54) is 19.0 Å². The van der Waals surface area contributed by atoms with Crippen LogP contribution >= 0.6 is 0 Å². The van der Waals surface area contributed by atoms with Gasteiger partial charge in [-0.25, -0.2) is 13.4 Å². The molecule has 0 amide bonds. The number of nitrogens with zero attached hydrogens (tertiary/aromatic N) is 1. The molecule has 0 aromatic carbocycles. The Kier molecular flexibility index (Phi) is 3.45. The average Bonchev–Trinajstić information content (AvgIpc) is 3.13. The molecule has 106 valence electrons. The van der Waals surface area contributed by atoms with Gasteiger partial charge < -0.3 is 10.3 Å². The number of hydrogen-bond donors (Lipinski definition) is 3. The highest BCUT2D eigenvalue weighted by atomic mass is 32.2. The van der Waals surface area contributed by atoms with E-state index < -0.39 is 10.0 Å². The summed E-state index contributed by atoms with van der Waals surface area (Å²) in [6.07, 6.45) is 5.44. The molecule has 0 unspecified atom stereocenters. The van der Waals surface area contributed by atoms with Crippen LogP contribution in [0.15, 0.2) is 41.6 Å². The van der Waals surface area contributed by atoms with Crippen molar-refractivity contribution in [3.8, 4) is 0 Å². The minimum Gasteiger partial charge on any atom is -0.363 e. The Hall–Kier alpha value is -1.86. The third-order valence-electron chi connectivity index (χ3n) is 3.09. The van der Waals surface area contributed by atoms with Crippen LogP contribution < -0.4 is 10.0 Å². The Bertz CT molecular complexity index is 677. The summed E-state index contributed by atoms with van der Waals surface area (Å²) >= 11 is 0. The molecular formula is C13H16N4O2S. The van der Waals surface area contributed by atoms with Gasteiger partial charge in [0.2, 0.25) is 0 Å². The van der Waals surface area contributed by atoms with Crippen molar-refractivity contribution in [3.05, 3.63) is 42.4 Å². The van der Waals surface area contributed by atoms with Gasteiger partial charge in [-0.3, -0.25) is 4.72 Å². The van der Waals surface area contributed by atoms with Gasteiger partial charge in [0.1, 0.15) is 10.7 Å². The summed E-state index contributed by atoms with van der Waals surface area (Å²) in [5.41, 5.74) is 0.860. The highest BCUT2D eigenvalue weighted by Gasteiger charge is 2.21. The number of rotatable bonds is 6.